The van der Waals surface area contributed by atoms with Crippen LogP contribution in [-0.4, -0.2) is 31.5 Å². The molecule has 2 aromatic carbocycles. The quantitative estimate of drug-likeness (QED) is 0.642. The maximum Gasteiger partial charge on any atom is 0.273 e. The Morgan fingerprint density at radius 2 is 1.84 bits per heavy atom. The second kappa shape index (κ2) is 7.65. The highest BCUT2D eigenvalue weighted by Gasteiger charge is 2.14. The summed E-state index contributed by atoms with van der Waals surface area (Å²) in [5.74, 6) is 0.00501. The topological polar surface area (TPSA) is 84.7 Å². The van der Waals surface area contributed by atoms with Crippen molar-refractivity contribution in [1.29, 1.82) is 0 Å². The molecule has 1 N–H and O–H groups in total. The van der Waals surface area contributed by atoms with Gasteiger partial charge in [0.15, 0.2) is 0 Å². The lowest BCUT2D eigenvalue weighted by Gasteiger charge is -2.20. The Kier molecular flexibility index (Phi) is 5.59. The van der Waals surface area contributed by atoms with Crippen LogP contribution in [0.4, 0.5) is 17.1 Å². The van der Waals surface area contributed by atoms with E-state index in [1.165, 1.54) is 25.3 Å². The summed E-state index contributed by atoms with van der Waals surface area (Å²) in [4.78, 5) is 24.5. The second-order valence-corrected chi connectivity index (χ2v) is 5.89. The van der Waals surface area contributed by atoms with Crippen LogP contribution in [0, 0.1) is 24.0 Å². The molecule has 0 aliphatic heterocycles. The van der Waals surface area contributed by atoms with Crippen LogP contribution in [0.1, 0.15) is 11.1 Å². The van der Waals surface area contributed by atoms with Crippen LogP contribution in [-0.2, 0) is 4.79 Å². The minimum Gasteiger partial charge on any atom is -0.494 e. The zero-order valence-electron chi connectivity index (χ0n) is 14.7. The van der Waals surface area contributed by atoms with Gasteiger partial charge in [-0.1, -0.05) is 6.07 Å². The van der Waals surface area contributed by atoms with E-state index in [-0.39, 0.29) is 23.9 Å². The summed E-state index contributed by atoms with van der Waals surface area (Å²) in [6, 6.07) is 10.2. The van der Waals surface area contributed by atoms with Crippen molar-refractivity contribution < 1.29 is 14.5 Å². The number of nitrogens with zero attached hydrogens (tertiary/aromatic N) is 2. The molecule has 7 heteroatoms. The Morgan fingerprint density at radius 1 is 1.20 bits per heavy atom. The molecule has 0 saturated carbocycles. The van der Waals surface area contributed by atoms with Gasteiger partial charge in [0.2, 0.25) is 5.91 Å². The van der Waals surface area contributed by atoms with Crippen molar-refractivity contribution in [1.82, 2.24) is 0 Å². The average Bonchev–Trinajstić information content (AvgIpc) is 2.53. The molecule has 0 aliphatic rings. The molecule has 1 amide bonds. The molecular weight excluding hydrogens is 322 g/mol. The number of carbonyl (C=O) groups is 1. The van der Waals surface area contributed by atoms with E-state index in [9.17, 15) is 14.9 Å². The van der Waals surface area contributed by atoms with Gasteiger partial charge >= 0.3 is 0 Å². The summed E-state index contributed by atoms with van der Waals surface area (Å²) < 4.78 is 5.13. The fourth-order valence-corrected chi connectivity index (χ4v) is 2.56. The van der Waals surface area contributed by atoms with Crippen molar-refractivity contribution in [3.8, 4) is 5.75 Å². The molecule has 0 bridgehead atoms. The van der Waals surface area contributed by atoms with Crippen LogP contribution < -0.4 is 15.0 Å². The number of amides is 1. The molecule has 132 valence electrons. The lowest BCUT2D eigenvalue weighted by molar-refractivity contribution is -0.384. The monoisotopic (exact) mass is 343 g/mol. The number of aryl methyl sites for hydroxylation is 2. The van der Waals surface area contributed by atoms with Crippen LogP contribution in [0.25, 0.3) is 0 Å². The van der Waals surface area contributed by atoms with E-state index in [0.717, 1.165) is 16.8 Å². The zero-order valence-corrected chi connectivity index (χ0v) is 14.7. The molecule has 2 rings (SSSR count). The highest BCUT2D eigenvalue weighted by Crippen LogP contribution is 2.29. The van der Waals surface area contributed by atoms with Crippen molar-refractivity contribution in [3.05, 3.63) is 57.6 Å². The molecule has 0 radical (unpaired) electrons. The molecule has 0 atom stereocenters. The number of non-ortho nitro benzene ring substituents is 1. The number of hydrogen-bond acceptors (Lipinski definition) is 5. The van der Waals surface area contributed by atoms with Crippen LogP contribution in [0.3, 0.4) is 0 Å². The van der Waals surface area contributed by atoms with E-state index in [2.05, 4.69) is 11.4 Å². The predicted molar refractivity (Wildman–Crippen MR) is 97.5 cm³/mol. The minimum atomic E-state index is -0.512. The number of methoxy groups -OCH3 is 1. The third kappa shape index (κ3) is 4.69. The molecule has 0 aromatic heterocycles. The Bertz CT molecular complexity index is 785. The van der Waals surface area contributed by atoms with Gasteiger partial charge in [0.05, 0.1) is 30.3 Å². The average molecular weight is 343 g/mol. The summed E-state index contributed by atoms with van der Waals surface area (Å²) in [6.45, 7) is 4.15. The van der Waals surface area contributed by atoms with Gasteiger partial charge in [0, 0.05) is 18.8 Å². The first-order chi connectivity index (χ1) is 11.8. The lowest BCUT2D eigenvalue weighted by atomic mass is 10.1. The van der Waals surface area contributed by atoms with Crippen molar-refractivity contribution in [2.75, 3.05) is 30.9 Å². The standard InChI is InChI=1S/C18H21N3O4/c1-12-7-13(2)9-15(8-12)20(3)11-18(22)19-16-6-5-14(21(23)24)10-17(16)25-4/h5-10H,11H2,1-4H3,(H,19,22). The van der Waals surface area contributed by atoms with E-state index in [0.29, 0.717) is 5.69 Å². The summed E-state index contributed by atoms with van der Waals surface area (Å²) in [5.41, 5.74) is 3.50. The largest absolute Gasteiger partial charge is 0.494 e. The van der Waals surface area contributed by atoms with E-state index in [4.69, 9.17) is 4.74 Å². The Labute approximate surface area is 146 Å². The van der Waals surface area contributed by atoms with Gasteiger partial charge in [-0.05, 0) is 43.2 Å². The van der Waals surface area contributed by atoms with Gasteiger partial charge in [0.25, 0.3) is 5.69 Å². The lowest BCUT2D eigenvalue weighted by Crippen LogP contribution is -2.30. The third-order valence-corrected chi connectivity index (χ3v) is 3.70. The first kappa shape index (κ1) is 18.3. The number of nitrogens with one attached hydrogen (secondary N) is 1. The summed E-state index contributed by atoms with van der Waals surface area (Å²) in [7, 11) is 3.23. The van der Waals surface area contributed by atoms with Gasteiger partial charge < -0.3 is 15.0 Å². The van der Waals surface area contributed by atoms with Gasteiger partial charge in [-0.3, -0.25) is 14.9 Å². The van der Waals surface area contributed by atoms with Crippen LogP contribution in [0.15, 0.2) is 36.4 Å². The van der Waals surface area contributed by atoms with Gasteiger partial charge in [-0.2, -0.15) is 0 Å². The highest BCUT2D eigenvalue weighted by molar-refractivity contribution is 5.95. The highest BCUT2D eigenvalue weighted by atomic mass is 16.6. The fraction of sp³-hybridized carbons (Fsp3) is 0.278. The van der Waals surface area contributed by atoms with Crippen molar-refractivity contribution in [2.24, 2.45) is 0 Å². The molecule has 0 aliphatic carbocycles. The molecular formula is C18H21N3O4. The molecule has 0 fully saturated rings. The van der Waals surface area contributed by atoms with Crippen LogP contribution >= 0.6 is 0 Å². The number of ether oxygens (including phenoxy) is 1. The molecule has 0 unspecified atom stereocenters. The van der Waals surface area contributed by atoms with E-state index >= 15 is 0 Å². The van der Waals surface area contributed by atoms with Crippen molar-refractivity contribution in [2.45, 2.75) is 13.8 Å². The van der Waals surface area contributed by atoms with Crippen molar-refractivity contribution in [3.63, 3.8) is 0 Å². The van der Waals surface area contributed by atoms with Crippen LogP contribution in [0.2, 0.25) is 0 Å². The number of benzene rings is 2. The summed E-state index contributed by atoms with van der Waals surface area (Å²) in [5, 5.41) is 13.5. The number of anilines is 2. The number of rotatable bonds is 6. The third-order valence-electron chi connectivity index (χ3n) is 3.70. The fourth-order valence-electron chi connectivity index (χ4n) is 2.56. The molecule has 25 heavy (non-hydrogen) atoms. The number of nitro groups is 1. The van der Waals surface area contributed by atoms with E-state index < -0.39 is 4.92 Å². The summed E-state index contributed by atoms with van der Waals surface area (Å²) >= 11 is 0. The minimum absolute atomic E-state index is 0.0952. The molecule has 0 saturated heterocycles. The second-order valence-electron chi connectivity index (χ2n) is 5.89. The first-order valence-corrected chi connectivity index (χ1v) is 7.72. The number of carbonyl (C=O) groups excluding carboxylic acids is 1. The zero-order chi connectivity index (χ0) is 18.6. The SMILES string of the molecule is COc1cc([N+](=O)[O-])ccc1NC(=O)CN(C)c1cc(C)cc(C)c1. The van der Waals surface area contributed by atoms with Crippen molar-refractivity contribution >= 4 is 23.0 Å². The van der Waals surface area contributed by atoms with E-state index in [1.807, 2.05) is 37.9 Å². The molecule has 7 nitrogen and oxygen atoms in total. The van der Waals surface area contributed by atoms with Crippen LogP contribution in [0.5, 0.6) is 5.75 Å². The smallest absolute Gasteiger partial charge is 0.273 e. The van der Waals surface area contributed by atoms with E-state index in [1.54, 1.807) is 0 Å². The molecule has 2 aromatic rings. The Balaban J connectivity index is 2.10. The maximum atomic E-state index is 12.3. The van der Waals surface area contributed by atoms with Gasteiger partial charge in [-0.25, -0.2) is 0 Å². The molecule has 0 heterocycles. The first-order valence-electron chi connectivity index (χ1n) is 7.72. The number of nitro benzene ring substituents is 1. The molecule has 0 spiro atoms. The summed E-state index contributed by atoms with van der Waals surface area (Å²) in [6.07, 6.45) is 0. The maximum absolute atomic E-state index is 12.3. The number of likely N-dealkylation sites (N-methyl/N-ethyl adjacent to an activating group) is 1. The van der Waals surface area contributed by atoms with Gasteiger partial charge in [0.1, 0.15) is 5.75 Å². The Hall–Kier alpha value is -3.09. The predicted octanol–water partition coefficient (Wildman–Crippen LogP) is 3.30. The number of hydrogen-bond donors (Lipinski definition) is 1. The Morgan fingerprint density at radius 3 is 2.40 bits per heavy atom. The normalized spacial score (nSPS) is 10.2. The van der Waals surface area contributed by atoms with Gasteiger partial charge in [-0.15, -0.1) is 0 Å².